The summed E-state index contributed by atoms with van der Waals surface area (Å²) < 4.78 is 58.2. The molecule has 0 aromatic heterocycles. The molecule has 0 spiro atoms. The molecule has 2 N–H and O–H groups in total. The summed E-state index contributed by atoms with van der Waals surface area (Å²) >= 11 is 0. The van der Waals surface area contributed by atoms with Gasteiger partial charge < -0.3 is 19.3 Å². The van der Waals surface area contributed by atoms with Gasteiger partial charge in [0, 0.05) is 0 Å². The second-order valence-corrected chi connectivity index (χ2v) is 4.09. The van der Waals surface area contributed by atoms with Gasteiger partial charge in [0.25, 0.3) is 0 Å². The van der Waals surface area contributed by atoms with Crippen LogP contribution < -0.4 is 59.1 Å². The van der Waals surface area contributed by atoms with Crippen LogP contribution in [0.2, 0.25) is 0 Å². The van der Waals surface area contributed by atoms with Gasteiger partial charge in [0.2, 0.25) is 20.8 Å². The molecule has 1 unspecified atom stereocenters. The zero-order valence-corrected chi connectivity index (χ0v) is 14.5. The van der Waals surface area contributed by atoms with E-state index in [9.17, 15) is 25.9 Å². The topological polar surface area (TPSA) is 164 Å². The van der Waals surface area contributed by atoms with Gasteiger partial charge in [-0.15, -0.1) is 0 Å². The summed E-state index contributed by atoms with van der Waals surface area (Å²) in [5.41, 5.74) is 0. The van der Waals surface area contributed by atoms with Crippen molar-refractivity contribution in [1.29, 1.82) is 0 Å². The van der Waals surface area contributed by atoms with Crippen molar-refractivity contribution in [1.82, 2.24) is 0 Å². The summed E-state index contributed by atoms with van der Waals surface area (Å²) in [6, 6.07) is 0. The Labute approximate surface area is 138 Å². The minimum absolute atomic E-state index is 0. The van der Waals surface area contributed by atoms with Gasteiger partial charge in [0.1, 0.15) is 0 Å². The van der Waals surface area contributed by atoms with Crippen LogP contribution in [-0.2, 0) is 24.4 Å². The first kappa shape index (κ1) is 26.3. The maximum atomic E-state index is 9.29. The number of hydrogen-bond donors (Lipinski definition) is 2. The zero-order chi connectivity index (χ0) is 12.0. The van der Waals surface area contributed by atoms with Crippen LogP contribution in [0.15, 0.2) is 0 Å². The third-order valence-corrected chi connectivity index (χ3v) is 1.76. The Bertz CT molecular complexity index is 302. The van der Waals surface area contributed by atoms with E-state index in [4.69, 9.17) is 10.2 Å². The number of hydrogen-bond acceptors (Lipinski definition) is 9. The minimum Gasteiger partial charge on any atom is -0.725 e. The smallest absolute Gasteiger partial charge is 0.725 e. The molecule has 1 atom stereocenters. The monoisotopic (exact) mass is 298 g/mol. The van der Waals surface area contributed by atoms with Crippen molar-refractivity contribution in [3.8, 4) is 0 Å². The van der Waals surface area contributed by atoms with Crippen LogP contribution in [0.3, 0.4) is 0 Å². The van der Waals surface area contributed by atoms with E-state index in [0.717, 1.165) is 0 Å². The van der Waals surface area contributed by atoms with Crippen molar-refractivity contribution in [3.05, 3.63) is 0 Å². The van der Waals surface area contributed by atoms with Gasteiger partial charge >= 0.3 is 59.1 Å². The summed E-state index contributed by atoms with van der Waals surface area (Å²) in [4.78, 5) is 0. The molecule has 0 aromatic carbocycles. The van der Waals surface area contributed by atoms with Gasteiger partial charge in [-0.1, -0.05) is 0 Å². The SMILES string of the molecule is CC(O)CO.O=S(=O)([O-])OS(=O)(=O)[O-].[Na+].[Na+]. The molecule has 0 saturated carbocycles. The average Bonchev–Trinajstić information content (AvgIpc) is 1.80. The van der Waals surface area contributed by atoms with E-state index in [-0.39, 0.29) is 65.7 Å². The van der Waals surface area contributed by atoms with E-state index in [2.05, 4.69) is 3.63 Å². The van der Waals surface area contributed by atoms with E-state index in [0.29, 0.717) is 0 Å². The summed E-state index contributed by atoms with van der Waals surface area (Å²) in [5.74, 6) is 0. The maximum Gasteiger partial charge on any atom is 1.00 e. The molecular formula is C3H8Na2O9S2. The quantitative estimate of drug-likeness (QED) is 0.292. The fourth-order valence-corrected chi connectivity index (χ4v) is 0.919. The molecule has 0 amide bonds. The Morgan fingerprint density at radius 2 is 1.31 bits per heavy atom. The van der Waals surface area contributed by atoms with Crippen molar-refractivity contribution in [2.45, 2.75) is 13.0 Å². The zero-order valence-electron chi connectivity index (χ0n) is 8.85. The van der Waals surface area contributed by atoms with Crippen molar-refractivity contribution in [2.24, 2.45) is 0 Å². The summed E-state index contributed by atoms with van der Waals surface area (Å²) in [7, 11) is -10.9. The number of aliphatic hydroxyl groups excluding tert-OH is 2. The van der Waals surface area contributed by atoms with Gasteiger partial charge in [-0.05, 0) is 6.92 Å². The van der Waals surface area contributed by atoms with Gasteiger partial charge in [0.15, 0.2) is 0 Å². The number of rotatable bonds is 3. The van der Waals surface area contributed by atoms with Gasteiger partial charge in [0.05, 0.1) is 12.7 Å². The molecule has 0 heterocycles. The molecule has 0 aliphatic carbocycles. The second kappa shape index (κ2) is 11.8. The van der Waals surface area contributed by atoms with Crippen LogP contribution in [0.4, 0.5) is 0 Å². The molecule has 88 valence electrons. The molecular weight excluding hydrogens is 290 g/mol. The van der Waals surface area contributed by atoms with Gasteiger partial charge in [-0.25, -0.2) is 16.8 Å². The largest absolute Gasteiger partial charge is 1.00 e. The normalized spacial score (nSPS) is 12.3. The minimum atomic E-state index is -5.43. The van der Waals surface area contributed by atoms with Crippen molar-refractivity contribution >= 4 is 20.8 Å². The van der Waals surface area contributed by atoms with Gasteiger partial charge in [-0.2, -0.15) is 3.63 Å². The fourth-order valence-electron chi connectivity index (χ4n) is 0.102. The molecule has 0 fully saturated rings. The summed E-state index contributed by atoms with van der Waals surface area (Å²) in [6.45, 7) is 1.39. The molecule has 0 radical (unpaired) electrons. The predicted octanol–water partition coefficient (Wildman–Crippen LogP) is -8.71. The molecule has 16 heavy (non-hydrogen) atoms. The van der Waals surface area contributed by atoms with Crippen LogP contribution in [0.25, 0.3) is 0 Å². The first-order valence-corrected chi connectivity index (χ1v) is 5.56. The Morgan fingerprint density at radius 3 is 1.31 bits per heavy atom. The molecule has 0 aromatic rings. The van der Waals surface area contributed by atoms with E-state index in [1.807, 2.05) is 0 Å². The third kappa shape index (κ3) is 36.1. The second-order valence-electron chi connectivity index (χ2n) is 1.92. The fraction of sp³-hybridized carbons (Fsp3) is 1.00. The standard InChI is InChI=1S/C3H8O2.2Na.H2O7S2/c1-3(5)2-4;;;1-8(2,3)7-9(4,5)6/h3-5H,2H2,1H3;;;(H,1,2,3)(H,4,5,6)/q;2*+1;/p-2. The van der Waals surface area contributed by atoms with Crippen LogP contribution in [0, 0.1) is 0 Å². The van der Waals surface area contributed by atoms with E-state index >= 15 is 0 Å². The van der Waals surface area contributed by atoms with E-state index < -0.39 is 26.9 Å². The Balaban J connectivity index is -0.0000000904. The Hall–Kier alpha value is 1.70. The summed E-state index contributed by atoms with van der Waals surface area (Å²) in [5, 5.41) is 16.0. The van der Waals surface area contributed by atoms with Crippen molar-refractivity contribution in [2.75, 3.05) is 6.61 Å². The van der Waals surface area contributed by atoms with Crippen LogP contribution in [-0.4, -0.2) is 48.9 Å². The first-order valence-electron chi connectivity index (χ1n) is 2.89. The van der Waals surface area contributed by atoms with Crippen molar-refractivity contribution < 1.29 is 98.9 Å². The molecule has 0 saturated heterocycles. The maximum absolute atomic E-state index is 9.29. The molecule has 0 aliphatic heterocycles. The molecule has 9 nitrogen and oxygen atoms in total. The number of aliphatic hydroxyl groups is 2. The summed E-state index contributed by atoms with van der Waals surface area (Å²) in [6.07, 6.45) is -0.560. The molecule has 0 bridgehead atoms. The molecule has 13 heteroatoms. The van der Waals surface area contributed by atoms with Crippen LogP contribution in [0.5, 0.6) is 0 Å². The predicted molar refractivity (Wildman–Crippen MR) is 39.2 cm³/mol. The van der Waals surface area contributed by atoms with Crippen LogP contribution >= 0.6 is 0 Å². The van der Waals surface area contributed by atoms with E-state index in [1.54, 1.807) is 0 Å². The molecule has 0 rings (SSSR count). The van der Waals surface area contributed by atoms with E-state index in [1.165, 1.54) is 6.92 Å². The third-order valence-electron chi connectivity index (χ3n) is 0.431. The average molecular weight is 298 g/mol. The Morgan fingerprint density at radius 1 is 1.12 bits per heavy atom. The molecule has 0 aliphatic rings. The van der Waals surface area contributed by atoms with Gasteiger partial charge in [-0.3, -0.25) is 0 Å². The van der Waals surface area contributed by atoms with Crippen LogP contribution in [0.1, 0.15) is 6.92 Å². The Kier molecular flexibility index (Phi) is 19.3. The van der Waals surface area contributed by atoms with Crippen molar-refractivity contribution in [3.63, 3.8) is 0 Å². The first-order chi connectivity index (χ1) is 5.98.